The predicted molar refractivity (Wildman–Crippen MR) is 97.3 cm³/mol. The molecule has 0 unspecified atom stereocenters. The first-order chi connectivity index (χ1) is 11.7. The van der Waals surface area contributed by atoms with Crippen molar-refractivity contribution < 1.29 is 0 Å². The van der Waals surface area contributed by atoms with Crippen LogP contribution in [0.5, 0.6) is 0 Å². The predicted octanol–water partition coefficient (Wildman–Crippen LogP) is 2.59. The molecule has 4 rings (SSSR count). The van der Waals surface area contributed by atoms with Crippen LogP contribution in [-0.2, 0) is 0 Å². The molecule has 0 bridgehead atoms. The number of nitrogens with two attached hydrogens (primary N) is 2. The van der Waals surface area contributed by atoms with Crippen molar-refractivity contribution in [2.24, 2.45) is 21.5 Å². The number of rotatable bonds is 2. The third kappa shape index (κ3) is 2.35. The molecule has 2 aromatic rings. The van der Waals surface area contributed by atoms with E-state index in [1.54, 1.807) is 0 Å². The second kappa shape index (κ2) is 5.70. The average molecular weight is 322 g/mol. The largest absolute Gasteiger partial charge is 0.369 e. The molecular weight excluding hydrogens is 300 g/mol. The summed E-state index contributed by atoms with van der Waals surface area (Å²) in [5.74, 6) is 0.702. The number of hydrogen-bond acceptors (Lipinski definition) is 5. The van der Waals surface area contributed by atoms with Crippen molar-refractivity contribution in [1.82, 2.24) is 4.57 Å². The molecule has 2 aliphatic rings. The lowest BCUT2D eigenvalue weighted by Gasteiger charge is -2.46. The van der Waals surface area contributed by atoms with Gasteiger partial charge in [-0.1, -0.05) is 18.6 Å². The van der Waals surface area contributed by atoms with Gasteiger partial charge < -0.3 is 16.0 Å². The van der Waals surface area contributed by atoms with Gasteiger partial charge in [-0.25, -0.2) is 4.99 Å². The molecule has 1 aromatic carbocycles. The number of anilines is 1. The first kappa shape index (κ1) is 14.8. The van der Waals surface area contributed by atoms with Crippen LogP contribution in [0.3, 0.4) is 0 Å². The minimum atomic E-state index is -0.419. The molecule has 0 radical (unpaired) electrons. The molecule has 2 heterocycles. The zero-order chi connectivity index (χ0) is 16.6. The smallest absolute Gasteiger partial charge is 0.220 e. The zero-order valence-electron chi connectivity index (χ0n) is 13.6. The topological polar surface area (TPSA) is 84.9 Å². The molecule has 1 saturated carbocycles. The lowest BCUT2D eigenvalue weighted by Crippen LogP contribution is -2.58. The van der Waals surface area contributed by atoms with E-state index in [1.165, 1.54) is 6.42 Å². The number of nitrogens with zero attached hydrogens (tertiary/aromatic N) is 4. The van der Waals surface area contributed by atoms with Crippen LogP contribution >= 0.6 is 0 Å². The fourth-order valence-corrected chi connectivity index (χ4v) is 3.84. The van der Waals surface area contributed by atoms with Gasteiger partial charge in [0.1, 0.15) is 5.66 Å². The molecule has 0 saturated heterocycles. The highest BCUT2D eigenvalue weighted by Gasteiger charge is 2.43. The van der Waals surface area contributed by atoms with Crippen molar-refractivity contribution in [2.45, 2.75) is 37.8 Å². The molecule has 6 nitrogen and oxygen atoms in total. The van der Waals surface area contributed by atoms with Gasteiger partial charge >= 0.3 is 0 Å². The normalized spacial score (nSPS) is 19.9. The van der Waals surface area contributed by atoms with Gasteiger partial charge in [-0.15, -0.1) is 0 Å². The molecule has 4 N–H and O–H groups in total. The number of aromatic nitrogens is 1. The Bertz CT molecular complexity index is 784. The lowest BCUT2D eigenvalue weighted by atomic mass is 9.87. The van der Waals surface area contributed by atoms with E-state index in [4.69, 9.17) is 16.5 Å². The Balaban J connectivity index is 1.87. The minimum Gasteiger partial charge on any atom is -0.369 e. The maximum atomic E-state index is 6.34. The van der Waals surface area contributed by atoms with Crippen LogP contribution in [0.15, 0.2) is 58.8 Å². The molecule has 1 aliphatic heterocycles. The van der Waals surface area contributed by atoms with Gasteiger partial charge in [-0.3, -0.25) is 4.90 Å². The summed E-state index contributed by atoms with van der Waals surface area (Å²) in [5.41, 5.74) is 13.9. The van der Waals surface area contributed by atoms with Gasteiger partial charge in [0.25, 0.3) is 0 Å². The summed E-state index contributed by atoms with van der Waals surface area (Å²) >= 11 is 0. The summed E-state index contributed by atoms with van der Waals surface area (Å²) < 4.78 is 2.08. The molecule has 0 atom stereocenters. The lowest BCUT2D eigenvalue weighted by molar-refractivity contribution is 0.305. The molecule has 1 fully saturated rings. The van der Waals surface area contributed by atoms with E-state index < -0.39 is 5.66 Å². The standard InChI is InChI=1S/C18H22N6/c19-16-21-17(20)24(18(22-16)10-4-1-5-11-18)15-9-3-2-8-14(15)23-12-6-7-13-23/h2-3,6-9,12-13H,1,4-5,10-11H2,(H4,19,20,21,22). The van der Waals surface area contributed by atoms with Crippen molar-refractivity contribution in [1.29, 1.82) is 0 Å². The minimum absolute atomic E-state index is 0.282. The van der Waals surface area contributed by atoms with Crippen LogP contribution in [0.25, 0.3) is 5.69 Å². The van der Waals surface area contributed by atoms with Gasteiger partial charge in [-0.05, 0) is 49.9 Å². The highest BCUT2D eigenvalue weighted by atomic mass is 15.4. The Hall–Kier alpha value is -2.76. The molecule has 1 aliphatic carbocycles. The van der Waals surface area contributed by atoms with E-state index in [1.807, 2.05) is 36.7 Å². The average Bonchev–Trinajstić information content (AvgIpc) is 3.09. The molecule has 24 heavy (non-hydrogen) atoms. The molecule has 0 amide bonds. The molecular formula is C18H22N6. The van der Waals surface area contributed by atoms with Crippen LogP contribution in [0.2, 0.25) is 0 Å². The first-order valence-electron chi connectivity index (χ1n) is 8.42. The summed E-state index contributed by atoms with van der Waals surface area (Å²) in [7, 11) is 0. The Morgan fingerprint density at radius 2 is 1.54 bits per heavy atom. The first-order valence-corrected chi connectivity index (χ1v) is 8.42. The number of para-hydroxylation sites is 2. The van der Waals surface area contributed by atoms with E-state index in [0.717, 1.165) is 37.1 Å². The van der Waals surface area contributed by atoms with Crippen LogP contribution in [-0.4, -0.2) is 22.1 Å². The van der Waals surface area contributed by atoms with Crippen molar-refractivity contribution in [3.8, 4) is 5.69 Å². The third-order valence-corrected chi connectivity index (χ3v) is 4.86. The van der Waals surface area contributed by atoms with Gasteiger partial charge in [0.2, 0.25) is 11.9 Å². The Labute approximate surface area is 141 Å². The second-order valence-electron chi connectivity index (χ2n) is 6.40. The van der Waals surface area contributed by atoms with Crippen molar-refractivity contribution in [3.05, 3.63) is 48.8 Å². The van der Waals surface area contributed by atoms with Crippen molar-refractivity contribution in [2.75, 3.05) is 4.90 Å². The van der Waals surface area contributed by atoms with E-state index in [9.17, 15) is 0 Å². The monoisotopic (exact) mass is 322 g/mol. The fourth-order valence-electron chi connectivity index (χ4n) is 3.84. The Kier molecular flexibility index (Phi) is 3.52. The Morgan fingerprint density at radius 3 is 2.25 bits per heavy atom. The van der Waals surface area contributed by atoms with E-state index >= 15 is 0 Å². The van der Waals surface area contributed by atoms with E-state index in [-0.39, 0.29) is 5.96 Å². The summed E-state index contributed by atoms with van der Waals surface area (Å²) in [6.45, 7) is 0. The van der Waals surface area contributed by atoms with Gasteiger partial charge in [-0.2, -0.15) is 4.99 Å². The number of hydrogen-bond donors (Lipinski definition) is 2. The maximum Gasteiger partial charge on any atom is 0.220 e. The van der Waals surface area contributed by atoms with E-state index in [0.29, 0.717) is 5.96 Å². The highest BCUT2D eigenvalue weighted by molar-refractivity contribution is 6.06. The molecule has 124 valence electrons. The van der Waals surface area contributed by atoms with Gasteiger partial charge in [0.05, 0.1) is 11.4 Å². The third-order valence-electron chi connectivity index (χ3n) is 4.86. The summed E-state index contributed by atoms with van der Waals surface area (Å²) in [6.07, 6.45) is 9.39. The quantitative estimate of drug-likeness (QED) is 0.891. The van der Waals surface area contributed by atoms with Gasteiger partial charge in [0.15, 0.2) is 0 Å². The van der Waals surface area contributed by atoms with Crippen molar-refractivity contribution >= 4 is 17.6 Å². The van der Waals surface area contributed by atoms with E-state index in [2.05, 4.69) is 26.6 Å². The number of guanidine groups is 2. The molecule has 1 aromatic heterocycles. The second-order valence-corrected chi connectivity index (χ2v) is 6.40. The van der Waals surface area contributed by atoms with Crippen LogP contribution in [0.1, 0.15) is 32.1 Å². The van der Waals surface area contributed by atoms with Crippen LogP contribution in [0, 0.1) is 0 Å². The highest BCUT2D eigenvalue weighted by Crippen LogP contribution is 2.41. The molecule has 1 spiro atoms. The Morgan fingerprint density at radius 1 is 0.875 bits per heavy atom. The van der Waals surface area contributed by atoms with Gasteiger partial charge in [0, 0.05) is 12.4 Å². The van der Waals surface area contributed by atoms with Crippen LogP contribution < -0.4 is 16.4 Å². The number of benzene rings is 1. The maximum absolute atomic E-state index is 6.34. The summed E-state index contributed by atoms with van der Waals surface area (Å²) in [5, 5.41) is 0. The number of aliphatic imine (C=N–C) groups is 2. The van der Waals surface area contributed by atoms with Crippen LogP contribution in [0.4, 0.5) is 5.69 Å². The van der Waals surface area contributed by atoms with Crippen molar-refractivity contribution in [3.63, 3.8) is 0 Å². The SMILES string of the molecule is NC1=NC2(CCCCC2)N(c2ccccc2-n2cccc2)C(N)=N1. The fraction of sp³-hybridized carbons (Fsp3) is 0.333. The molecule has 6 heteroatoms. The zero-order valence-corrected chi connectivity index (χ0v) is 13.6. The summed E-state index contributed by atoms with van der Waals surface area (Å²) in [4.78, 5) is 11.1. The summed E-state index contributed by atoms with van der Waals surface area (Å²) in [6, 6.07) is 12.2.